The van der Waals surface area contributed by atoms with Crippen LogP contribution < -0.4 is 0 Å². The number of carbonyl (C=O) groups excluding carboxylic acids is 2. The van der Waals surface area contributed by atoms with Gasteiger partial charge in [-0.1, -0.05) is 24.3 Å². The maximum absolute atomic E-state index is 12.0. The first-order valence-electron chi connectivity index (χ1n) is 6.86. The molecule has 0 spiro atoms. The quantitative estimate of drug-likeness (QED) is 0.790. The highest BCUT2D eigenvalue weighted by atomic mass is 16.5. The van der Waals surface area contributed by atoms with Gasteiger partial charge in [0, 0.05) is 18.6 Å². The van der Waals surface area contributed by atoms with E-state index in [1.54, 1.807) is 0 Å². The molecule has 0 aromatic heterocycles. The van der Waals surface area contributed by atoms with Crippen LogP contribution in [0.15, 0.2) is 36.4 Å². The number of rotatable bonds is 3. The normalized spacial score (nSPS) is 24.9. The second-order valence-corrected chi connectivity index (χ2v) is 5.45. The number of imide groups is 1. The van der Waals surface area contributed by atoms with Gasteiger partial charge in [0.25, 0.3) is 11.8 Å². The summed E-state index contributed by atoms with van der Waals surface area (Å²) in [5, 5.41) is 0. The average Bonchev–Trinajstić information content (AvgIpc) is 2.89. The highest BCUT2D eigenvalue weighted by Crippen LogP contribution is 2.39. The van der Waals surface area contributed by atoms with E-state index >= 15 is 0 Å². The molecule has 1 aliphatic heterocycles. The SMILES string of the molecule is CC(C)O[C@H]1Cc2ccccc2[C@@H]1N1C(=O)C=CC1=O. The summed E-state index contributed by atoms with van der Waals surface area (Å²) < 4.78 is 5.94. The molecule has 4 heteroatoms. The number of benzene rings is 1. The molecule has 0 saturated carbocycles. The van der Waals surface area contributed by atoms with Crippen molar-refractivity contribution >= 4 is 11.8 Å². The van der Waals surface area contributed by atoms with E-state index in [1.807, 2.05) is 38.1 Å². The zero-order valence-corrected chi connectivity index (χ0v) is 11.6. The Kier molecular flexibility index (Phi) is 3.18. The molecule has 0 N–H and O–H groups in total. The van der Waals surface area contributed by atoms with Gasteiger partial charge in [0.15, 0.2) is 0 Å². The number of ether oxygens (including phenoxy) is 1. The molecule has 104 valence electrons. The smallest absolute Gasteiger partial charge is 0.254 e. The summed E-state index contributed by atoms with van der Waals surface area (Å²) in [4.78, 5) is 25.3. The first kappa shape index (κ1) is 13.1. The first-order chi connectivity index (χ1) is 9.58. The lowest BCUT2D eigenvalue weighted by molar-refractivity contribution is -0.144. The van der Waals surface area contributed by atoms with Crippen LogP contribution in [0.3, 0.4) is 0 Å². The average molecular weight is 271 g/mol. The van der Waals surface area contributed by atoms with E-state index in [-0.39, 0.29) is 30.1 Å². The molecule has 4 nitrogen and oxygen atoms in total. The van der Waals surface area contributed by atoms with Crippen molar-refractivity contribution in [2.24, 2.45) is 0 Å². The molecular formula is C16H17NO3. The fourth-order valence-electron chi connectivity index (χ4n) is 3.00. The number of hydrogen-bond acceptors (Lipinski definition) is 3. The zero-order chi connectivity index (χ0) is 14.3. The van der Waals surface area contributed by atoms with Gasteiger partial charge in [0.05, 0.1) is 18.2 Å². The minimum Gasteiger partial charge on any atom is -0.373 e. The number of carbonyl (C=O) groups is 2. The summed E-state index contributed by atoms with van der Waals surface area (Å²) >= 11 is 0. The summed E-state index contributed by atoms with van der Waals surface area (Å²) in [5.41, 5.74) is 2.17. The van der Waals surface area contributed by atoms with Crippen molar-refractivity contribution in [3.63, 3.8) is 0 Å². The molecule has 1 aliphatic carbocycles. The van der Waals surface area contributed by atoms with E-state index in [1.165, 1.54) is 17.1 Å². The highest BCUT2D eigenvalue weighted by molar-refractivity contribution is 6.13. The topological polar surface area (TPSA) is 46.6 Å². The Morgan fingerprint density at radius 3 is 2.45 bits per heavy atom. The zero-order valence-electron chi connectivity index (χ0n) is 11.6. The minimum absolute atomic E-state index is 0.0533. The molecule has 20 heavy (non-hydrogen) atoms. The van der Waals surface area contributed by atoms with Crippen molar-refractivity contribution in [3.05, 3.63) is 47.5 Å². The van der Waals surface area contributed by atoms with Crippen molar-refractivity contribution in [3.8, 4) is 0 Å². The van der Waals surface area contributed by atoms with Crippen LogP contribution in [-0.2, 0) is 20.7 Å². The monoisotopic (exact) mass is 271 g/mol. The van der Waals surface area contributed by atoms with Gasteiger partial charge in [-0.2, -0.15) is 0 Å². The van der Waals surface area contributed by atoms with Crippen LogP contribution >= 0.6 is 0 Å². The number of fused-ring (bicyclic) bond motifs is 1. The third-order valence-corrected chi connectivity index (χ3v) is 3.72. The number of nitrogens with zero attached hydrogens (tertiary/aromatic N) is 1. The molecule has 2 atom stereocenters. The molecule has 0 fully saturated rings. The first-order valence-corrected chi connectivity index (χ1v) is 6.86. The standard InChI is InChI=1S/C16H17NO3/c1-10(2)20-13-9-11-5-3-4-6-12(11)16(13)17-14(18)7-8-15(17)19/h3-8,10,13,16H,9H2,1-2H3/t13-,16-/m0/s1. The highest BCUT2D eigenvalue weighted by Gasteiger charge is 2.43. The van der Waals surface area contributed by atoms with Crippen molar-refractivity contribution in [2.45, 2.75) is 38.5 Å². The Labute approximate surface area is 118 Å². The molecule has 1 aromatic carbocycles. The second kappa shape index (κ2) is 4.87. The van der Waals surface area contributed by atoms with Gasteiger partial charge < -0.3 is 4.74 Å². The van der Waals surface area contributed by atoms with Gasteiger partial charge in [-0.25, -0.2) is 0 Å². The third kappa shape index (κ3) is 2.06. The van der Waals surface area contributed by atoms with Gasteiger partial charge >= 0.3 is 0 Å². The van der Waals surface area contributed by atoms with Crippen molar-refractivity contribution in [1.29, 1.82) is 0 Å². The Balaban J connectivity index is 1.99. The van der Waals surface area contributed by atoms with E-state index in [0.29, 0.717) is 0 Å². The fraction of sp³-hybridized carbons (Fsp3) is 0.375. The van der Waals surface area contributed by atoms with E-state index in [4.69, 9.17) is 4.74 Å². The van der Waals surface area contributed by atoms with Crippen LogP contribution in [0.2, 0.25) is 0 Å². The molecule has 2 aliphatic rings. The van der Waals surface area contributed by atoms with Gasteiger partial charge in [0.1, 0.15) is 0 Å². The molecule has 2 amide bonds. The summed E-state index contributed by atoms with van der Waals surface area (Å²) in [6, 6.07) is 7.60. The van der Waals surface area contributed by atoms with Gasteiger partial charge in [-0.05, 0) is 25.0 Å². The van der Waals surface area contributed by atoms with Crippen molar-refractivity contribution in [1.82, 2.24) is 4.90 Å². The Morgan fingerprint density at radius 2 is 1.80 bits per heavy atom. The van der Waals surface area contributed by atoms with Gasteiger partial charge in [-0.3, -0.25) is 14.5 Å². The maximum Gasteiger partial charge on any atom is 0.254 e. The lowest BCUT2D eigenvalue weighted by Gasteiger charge is -2.29. The minimum atomic E-state index is -0.316. The molecular weight excluding hydrogens is 254 g/mol. The Bertz CT molecular complexity index is 573. The van der Waals surface area contributed by atoms with Crippen LogP contribution in [0.4, 0.5) is 0 Å². The van der Waals surface area contributed by atoms with Crippen LogP contribution in [0.5, 0.6) is 0 Å². The van der Waals surface area contributed by atoms with Crippen LogP contribution in [-0.4, -0.2) is 28.9 Å². The van der Waals surface area contributed by atoms with Crippen LogP contribution in [0, 0.1) is 0 Å². The van der Waals surface area contributed by atoms with E-state index < -0.39 is 0 Å². The molecule has 0 radical (unpaired) electrons. The van der Waals surface area contributed by atoms with Crippen LogP contribution in [0.25, 0.3) is 0 Å². The van der Waals surface area contributed by atoms with Gasteiger partial charge in [0.2, 0.25) is 0 Å². The maximum atomic E-state index is 12.0. The number of hydrogen-bond donors (Lipinski definition) is 0. The predicted molar refractivity (Wildman–Crippen MR) is 73.9 cm³/mol. The van der Waals surface area contributed by atoms with Crippen molar-refractivity contribution in [2.75, 3.05) is 0 Å². The molecule has 1 heterocycles. The molecule has 3 rings (SSSR count). The summed E-state index contributed by atoms with van der Waals surface area (Å²) in [6.45, 7) is 3.93. The molecule has 0 unspecified atom stereocenters. The van der Waals surface area contributed by atoms with Gasteiger partial charge in [-0.15, -0.1) is 0 Å². The Morgan fingerprint density at radius 1 is 1.15 bits per heavy atom. The lowest BCUT2D eigenvalue weighted by Crippen LogP contribution is -2.40. The predicted octanol–water partition coefficient (Wildman–Crippen LogP) is 2.00. The summed E-state index contributed by atoms with van der Waals surface area (Å²) in [6.07, 6.45) is 3.28. The summed E-state index contributed by atoms with van der Waals surface area (Å²) in [7, 11) is 0. The van der Waals surface area contributed by atoms with Crippen molar-refractivity contribution < 1.29 is 14.3 Å². The second-order valence-electron chi connectivity index (χ2n) is 5.45. The molecule has 1 aromatic rings. The fourth-order valence-corrected chi connectivity index (χ4v) is 3.00. The third-order valence-electron chi connectivity index (χ3n) is 3.72. The largest absolute Gasteiger partial charge is 0.373 e. The Hall–Kier alpha value is -1.94. The molecule has 0 saturated heterocycles. The van der Waals surface area contributed by atoms with E-state index in [9.17, 15) is 9.59 Å². The van der Waals surface area contributed by atoms with E-state index in [0.717, 1.165) is 17.5 Å². The van der Waals surface area contributed by atoms with Crippen LogP contribution in [0.1, 0.15) is 31.0 Å². The molecule has 0 bridgehead atoms. The van der Waals surface area contributed by atoms with E-state index in [2.05, 4.69) is 0 Å². The number of amides is 2. The lowest BCUT2D eigenvalue weighted by atomic mass is 10.1. The summed E-state index contributed by atoms with van der Waals surface area (Å²) in [5.74, 6) is -0.511.